The Morgan fingerprint density at radius 3 is 1.75 bits per heavy atom. The number of hydrogen-bond acceptors (Lipinski definition) is 0. The topological polar surface area (TPSA) is 0 Å². The molecule has 0 fully saturated rings. The first-order valence-corrected chi connectivity index (χ1v) is 4.12. The molecule has 0 heterocycles. The largest absolute Gasteiger partial charge is 0.417 e. The van der Waals surface area contributed by atoms with Crippen LogP contribution in [0.1, 0.15) is 5.56 Å². The SMILES string of the molecule is FC(F)(F)/C=C(\c1ccccc1)C(F)(F)F. The summed E-state index contributed by atoms with van der Waals surface area (Å²) in [4.78, 5) is 0. The minimum absolute atomic E-state index is 0.507. The lowest BCUT2D eigenvalue weighted by atomic mass is 10.1. The Labute approximate surface area is 87.2 Å². The molecule has 0 N–H and O–H groups in total. The smallest absolute Gasteiger partial charge is 0.167 e. The summed E-state index contributed by atoms with van der Waals surface area (Å²) in [5.74, 6) is 0. The van der Waals surface area contributed by atoms with Crippen molar-refractivity contribution in [1.82, 2.24) is 0 Å². The van der Waals surface area contributed by atoms with Gasteiger partial charge < -0.3 is 0 Å². The molecule has 0 bridgehead atoms. The van der Waals surface area contributed by atoms with Crippen molar-refractivity contribution in [3.8, 4) is 0 Å². The molecule has 1 rings (SSSR count). The monoisotopic (exact) mass is 240 g/mol. The maximum absolute atomic E-state index is 12.4. The van der Waals surface area contributed by atoms with Crippen LogP contribution in [0.15, 0.2) is 36.4 Å². The molecule has 6 heteroatoms. The molecule has 0 amide bonds. The van der Waals surface area contributed by atoms with E-state index in [-0.39, 0.29) is 0 Å². The van der Waals surface area contributed by atoms with Crippen LogP contribution in [0.5, 0.6) is 0 Å². The summed E-state index contributed by atoms with van der Waals surface area (Å²) in [6.07, 6.45) is -10.8. The molecule has 0 unspecified atom stereocenters. The second-order valence-corrected chi connectivity index (χ2v) is 2.96. The van der Waals surface area contributed by atoms with Crippen LogP contribution < -0.4 is 0 Å². The molecule has 0 saturated carbocycles. The van der Waals surface area contributed by atoms with Gasteiger partial charge in [-0.25, -0.2) is 0 Å². The molecule has 0 aliphatic heterocycles. The number of alkyl halides is 6. The first-order valence-electron chi connectivity index (χ1n) is 4.12. The standard InChI is InChI=1S/C10H6F6/c11-9(12,13)6-8(10(14,15)16)7-4-2-1-3-5-7/h1-6H/b8-6+. The molecule has 0 atom stereocenters. The van der Waals surface area contributed by atoms with Gasteiger partial charge in [-0.15, -0.1) is 0 Å². The van der Waals surface area contributed by atoms with Gasteiger partial charge in [0, 0.05) is 6.08 Å². The van der Waals surface area contributed by atoms with E-state index in [0.717, 1.165) is 12.1 Å². The Morgan fingerprint density at radius 1 is 0.875 bits per heavy atom. The quantitative estimate of drug-likeness (QED) is 0.645. The minimum Gasteiger partial charge on any atom is -0.167 e. The molecule has 16 heavy (non-hydrogen) atoms. The van der Waals surface area contributed by atoms with Crippen LogP contribution in [-0.2, 0) is 0 Å². The number of allylic oxidation sites excluding steroid dienone is 2. The summed E-state index contributed by atoms with van der Waals surface area (Å²) in [6, 6.07) is 5.86. The summed E-state index contributed by atoms with van der Waals surface area (Å²) in [6.45, 7) is 0. The summed E-state index contributed by atoms with van der Waals surface area (Å²) in [7, 11) is 0. The Hall–Kier alpha value is -1.46. The molecule has 0 nitrogen and oxygen atoms in total. The van der Waals surface area contributed by atoms with Crippen molar-refractivity contribution in [3.05, 3.63) is 42.0 Å². The predicted molar refractivity (Wildman–Crippen MR) is 46.5 cm³/mol. The fraction of sp³-hybridized carbons (Fsp3) is 0.200. The van der Waals surface area contributed by atoms with Crippen LogP contribution in [0.2, 0.25) is 0 Å². The molecule has 0 aliphatic carbocycles. The van der Waals surface area contributed by atoms with Gasteiger partial charge in [-0.05, 0) is 5.56 Å². The van der Waals surface area contributed by atoms with Crippen molar-refractivity contribution in [2.75, 3.05) is 0 Å². The van der Waals surface area contributed by atoms with Crippen LogP contribution in [0.4, 0.5) is 26.3 Å². The maximum atomic E-state index is 12.4. The van der Waals surface area contributed by atoms with E-state index in [1.165, 1.54) is 18.2 Å². The highest BCUT2D eigenvalue weighted by atomic mass is 19.4. The lowest BCUT2D eigenvalue weighted by Crippen LogP contribution is -2.15. The number of hydrogen-bond donors (Lipinski definition) is 0. The van der Waals surface area contributed by atoms with Crippen LogP contribution >= 0.6 is 0 Å². The summed E-state index contributed by atoms with van der Waals surface area (Å²) in [5.41, 5.74) is -2.20. The fourth-order valence-electron chi connectivity index (χ4n) is 1.11. The summed E-state index contributed by atoms with van der Waals surface area (Å²) >= 11 is 0. The first kappa shape index (κ1) is 12.6. The molecular formula is C10H6F6. The highest BCUT2D eigenvalue weighted by molar-refractivity contribution is 5.70. The predicted octanol–water partition coefficient (Wildman–Crippen LogP) is 4.19. The Morgan fingerprint density at radius 2 is 1.38 bits per heavy atom. The van der Waals surface area contributed by atoms with E-state index in [0.29, 0.717) is 0 Å². The van der Waals surface area contributed by atoms with Crippen LogP contribution in [-0.4, -0.2) is 12.4 Å². The van der Waals surface area contributed by atoms with E-state index < -0.39 is 29.6 Å². The number of rotatable bonds is 1. The van der Waals surface area contributed by atoms with Gasteiger partial charge in [-0.3, -0.25) is 0 Å². The number of benzene rings is 1. The van der Waals surface area contributed by atoms with Crippen molar-refractivity contribution in [2.45, 2.75) is 12.4 Å². The summed E-state index contributed by atoms with van der Waals surface area (Å²) < 4.78 is 72.9. The lowest BCUT2D eigenvalue weighted by molar-refractivity contribution is -0.0911. The van der Waals surface area contributed by atoms with Gasteiger partial charge in [0.1, 0.15) is 0 Å². The normalized spacial score (nSPS) is 14.0. The van der Waals surface area contributed by atoms with E-state index in [1.54, 1.807) is 0 Å². The van der Waals surface area contributed by atoms with Gasteiger partial charge in [0.25, 0.3) is 0 Å². The zero-order chi connectivity index (χ0) is 12.4. The van der Waals surface area contributed by atoms with Crippen molar-refractivity contribution < 1.29 is 26.3 Å². The van der Waals surface area contributed by atoms with Crippen molar-refractivity contribution in [1.29, 1.82) is 0 Å². The molecule has 0 spiro atoms. The third-order valence-electron chi connectivity index (χ3n) is 1.70. The van der Waals surface area contributed by atoms with Gasteiger partial charge in [-0.1, -0.05) is 30.3 Å². The molecule has 0 aliphatic rings. The molecular weight excluding hydrogens is 234 g/mol. The highest BCUT2D eigenvalue weighted by Gasteiger charge is 2.39. The van der Waals surface area contributed by atoms with Gasteiger partial charge >= 0.3 is 12.4 Å². The van der Waals surface area contributed by atoms with E-state index >= 15 is 0 Å². The molecule has 0 radical (unpaired) electrons. The Bertz CT molecular complexity index is 371. The molecule has 0 aromatic heterocycles. The van der Waals surface area contributed by atoms with Crippen LogP contribution in [0, 0.1) is 0 Å². The van der Waals surface area contributed by atoms with Crippen LogP contribution in [0.25, 0.3) is 5.57 Å². The highest BCUT2D eigenvalue weighted by Crippen LogP contribution is 2.36. The fourth-order valence-corrected chi connectivity index (χ4v) is 1.11. The van der Waals surface area contributed by atoms with Gasteiger partial charge in [0.05, 0.1) is 5.57 Å². The average Bonchev–Trinajstić information content (AvgIpc) is 2.13. The second kappa shape index (κ2) is 4.19. The molecule has 1 aromatic rings. The van der Waals surface area contributed by atoms with Crippen LogP contribution in [0.3, 0.4) is 0 Å². The van der Waals surface area contributed by atoms with E-state index in [9.17, 15) is 26.3 Å². The van der Waals surface area contributed by atoms with E-state index in [1.807, 2.05) is 0 Å². The Kier molecular flexibility index (Phi) is 3.30. The van der Waals surface area contributed by atoms with E-state index in [4.69, 9.17) is 0 Å². The summed E-state index contributed by atoms with van der Waals surface area (Å²) in [5, 5.41) is 0. The lowest BCUT2D eigenvalue weighted by Gasteiger charge is -2.13. The third kappa shape index (κ3) is 3.60. The molecule has 88 valence electrons. The van der Waals surface area contributed by atoms with Crippen molar-refractivity contribution >= 4 is 5.57 Å². The molecule has 1 aromatic carbocycles. The number of halogens is 6. The molecule has 0 saturated heterocycles. The van der Waals surface area contributed by atoms with Crippen molar-refractivity contribution in [2.24, 2.45) is 0 Å². The first-order chi connectivity index (χ1) is 7.20. The minimum atomic E-state index is -5.03. The average molecular weight is 240 g/mol. The van der Waals surface area contributed by atoms with E-state index in [2.05, 4.69) is 0 Å². The Balaban J connectivity index is 3.24. The zero-order valence-electron chi connectivity index (χ0n) is 7.73. The van der Waals surface area contributed by atoms with Gasteiger partial charge in [-0.2, -0.15) is 26.3 Å². The van der Waals surface area contributed by atoms with Crippen molar-refractivity contribution in [3.63, 3.8) is 0 Å². The van der Waals surface area contributed by atoms with Gasteiger partial charge in [0.15, 0.2) is 0 Å². The second-order valence-electron chi connectivity index (χ2n) is 2.96. The maximum Gasteiger partial charge on any atom is 0.417 e. The van der Waals surface area contributed by atoms with Gasteiger partial charge in [0.2, 0.25) is 0 Å². The zero-order valence-corrected chi connectivity index (χ0v) is 7.73. The third-order valence-corrected chi connectivity index (χ3v) is 1.70.